The van der Waals surface area contributed by atoms with E-state index >= 15 is 0 Å². The van der Waals surface area contributed by atoms with E-state index in [0.717, 1.165) is 25.9 Å². The molecule has 0 unspecified atom stereocenters. The average molecular weight is 296 g/mol. The topological polar surface area (TPSA) is 23.6 Å². The second-order valence-corrected chi connectivity index (χ2v) is 6.79. The zero-order chi connectivity index (χ0) is 15.9. The molecule has 0 aromatic rings. The van der Waals surface area contributed by atoms with Crippen LogP contribution in [0.15, 0.2) is 0 Å². The Hall–Kier alpha value is -0.570. The number of amides is 1. The van der Waals surface area contributed by atoms with Crippen LogP contribution in [0.1, 0.15) is 73.1 Å². The Morgan fingerprint density at radius 3 is 2.14 bits per heavy atom. The first-order valence-corrected chi connectivity index (χ1v) is 9.08. The van der Waals surface area contributed by atoms with Gasteiger partial charge in [0.2, 0.25) is 5.91 Å². The highest BCUT2D eigenvalue weighted by Gasteiger charge is 2.41. The molecule has 2 fully saturated rings. The molecule has 124 valence electrons. The number of likely N-dealkylation sites (tertiary alicyclic amines) is 2. The summed E-state index contributed by atoms with van der Waals surface area (Å²) in [5.74, 6) is 0.415. The van der Waals surface area contributed by atoms with Gasteiger partial charge < -0.3 is 9.80 Å². The second-order valence-electron chi connectivity index (χ2n) is 6.79. The summed E-state index contributed by atoms with van der Waals surface area (Å²) in [5.41, 5.74) is 0.338. The van der Waals surface area contributed by atoms with Crippen LogP contribution in [-0.4, -0.2) is 47.9 Å². The molecule has 0 aromatic carbocycles. The lowest BCUT2D eigenvalue weighted by atomic mass is 9.70. The van der Waals surface area contributed by atoms with Crippen LogP contribution in [0, 0.1) is 5.41 Å². The summed E-state index contributed by atoms with van der Waals surface area (Å²) in [6, 6.07) is 0.651. The molecular formula is C18H36N2O. The molecule has 0 bridgehead atoms. The van der Waals surface area contributed by atoms with Gasteiger partial charge in [0.1, 0.15) is 0 Å². The van der Waals surface area contributed by atoms with Gasteiger partial charge in [-0.1, -0.05) is 27.2 Å². The van der Waals surface area contributed by atoms with Crippen molar-refractivity contribution in [3.63, 3.8) is 0 Å². The van der Waals surface area contributed by atoms with Gasteiger partial charge in [-0.15, -0.1) is 0 Å². The van der Waals surface area contributed by atoms with E-state index in [4.69, 9.17) is 0 Å². The first kappa shape index (κ1) is 18.5. The van der Waals surface area contributed by atoms with Crippen molar-refractivity contribution in [1.29, 1.82) is 0 Å². The molecule has 1 spiro atoms. The molecule has 2 aliphatic rings. The third-order valence-electron chi connectivity index (χ3n) is 5.16. The first-order chi connectivity index (χ1) is 10.1. The van der Waals surface area contributed by atoms with Crippen LogP contribution in [0.25, 0.3) is 0 Å². The summed E-state index contributed by atoms with van der Waals surface area (Å²) in [4.78, 5) is 17.0. The summed E-state index contributed by atoms with van der Waals surface area (Å²) in [6.45, 7) is 15.1. The van der Waals surface area contributed by atoms with Gasteiger partial charge in [-0.05, 0) is 58.0 Å². The summed E-state index contributed by atoms with van der Waals surface area (Å²) in [6.07, 6.45) is 6.81. The molecule has 21 heavy (non-hydrogen) atoms. The van der Waals surface area contributed by atoms with E-state index in [1.54, 1.807) is 0 Å². The van der Waals surface area contributed by atoms with Crippen molar-refractivity contribution in [3.8, 4) is 0 Å². The third kappa shape index (κ3) is 4.98. The van der Waals surface area contributed by atoms with Crippen LogP contribution in [0.2, 0.25) is 0 Å². The van der Waals surface area contributed by atoms with Gasteiger partial charge in [0, 0.05) is 25.6 Å². The summed E-state index contributed by atoms with van der Waals surface area (Å²) < 4.78 is 0. The van der Waals surface area contributed by atoms with E-state index in [9.17, 15) is 4.79 Å². The number of hydrogen-bond donors (Lipinski definition) is 0. The number of carbonyl (C=O) groups excluding carboxylic acids is 1. The predicted molar refractivity (Wildman–Crippen MR) is 90.4 cm³/mol. The van der Waals surface area contributed by atoms with E-state index in [0.29, 0.717) is 17.4 Å². The Balaban J connectivity index is 0.00000106. The molecule has 3 heteroatoms. The number of piperidine rings is 2. The Morgan fingerprint density at radius 2 is 1.67 bits per heavy atom. The number of carbonyl (C=O) groups is 1. The van der Waals surface area contributed by atoms with Gasteiger partial charge in [0.15, 0.2) is 0 Å². The normalized spacial score (nSPS) is 22.4. The maximum atomic E-state index is 12.3. The molecule has 2 heterocycles. The number of rotatable bonds is 4. The van der Waals surface area contributed by atoms with Gasteiger partial charge in [-0.3, -0.25) is 4.79 Å². The SMILES string of the molecule is CC.CCCCN1CCC2(CCN(C(C)C)CC2)CC1=O. The van der Waals surface area contributed by atoms with Crippen LogP contribution in [-0.2, 0) is 4.79 Å². The van der Waals surface area contributed by atoms with Gasteiger partial charge in [0.05, 0.1) is 0 Å². The predicted octanol–water partition coefficient (Wildman–Crippen LogP) is 3.93. The third-order valence-corrected chi connectivity index (χ3v) is 5.16. The highest BCUT2D eigenvalue weighted by Crippen LogP contribution is 2.42. The Labute approximate surface area is 132 Å². The van der Waals surface area contributed by atoms with Crippen LogP contribution in [0.5, 0.6) is 0 Å². The molecule has 2 aliphatic heterocycles. The lowest BCUT2D eigenvalue weighted by molar-refractivity contribution is -0.140. The first-order valence-electron chi connectivity index (χ1n) is 9.08. The molecule has 3 nitrogen and oxygen atoms in total. The Kier molecular flexibility index (Phi) is 7.72. The van der Waals surface area contributed by atoms with Gasteiger partial charge in [-0.25, -0.2) is 0 Å². The molecule has 2 rings (SSSR count). The number of unbranched alkanes of at least 4 members (excludes halogenated alkanes) is 1. The highest BCUT2D eigenvalue weighted by molar-refractivity contribution is 5.77. The molecule has 1 amide bonds. The molecule has 0 saturated carbocycles. The summed E-state index contributed by atoms with van der Waals surface area (Å²) in [7, 11) is 0. The van der Waals surface area contributed by atoms with Crippen molar-refractivity contribution in [1.82, 2.24) is 9.80 Å². The fourth-order valence-electron chi connectivity index (χ4n) is 3.54. The lowest BCUT2D eigenvalue weighted by Gasteiger charge is -2.47. The Morgan fingerprint density at radius 1 is 1.10 bits per heavy atom. The maximum absolute atomic E-state index is 12.3. The largest absolute Gasteiger partial charge is 0.343 e. The zero-order valence-electron chi connectivity index (χ0n) is 15.0. The standard InChI is InChI=1S/C16H30N2O.C2H6/c1-4-5-9-18-12-8-16(13-15(18)19)6-10-17(11-7-16)14(2)3;1-2/h14H,4-13H2,1-3H3;1-2H3. The average Bonchev–Trinajstić information content (AvgIpc) is 2.49. The second kappa shape index (κ2) is 8.77. The smallest absolute Gasteiger partial charge is 0.223 e. The Bertz CT molecular complexity index is 306. The fraction of sp³-hybridized carbons (Fsp3) is 0.944. The minimum Gasteiger partial charge on any atom is -0.343 e. The number of nitrogens with zero attached hydrogens (tertiary/aromatic N) is 2. The molecule has 0 N–H and O–H groups in total. The molecule has 0 atom stereocenters. The number of hydrogen-bond acceptors (Lipinski definition) is 2. The molecule has 0 aromatic heterocycles. The molecule has 0 aliphatic carbocycles. The van der Waals surface area contributed by atoms with Crippen molar-refractivity contribution in [2.45, 2.75) is 79.2 Å². The van der Waals surface area contributed by atoms with Crippen molar-refractivity contribution in [3.05, 3.63) is 0 Å². The quantitative estimate of drug-likeness (QED) is 0.785. The minimum atomic E-state index is 0.338. The van der Waals surface area contributed by atoms with Crippen molar-refractivity contribution >= 4 is 5.91 Å². The van der Waals surface area contributed by atoms with E-state index in [2.05, 4.69) is 30.6 Å². The van der Waals surface area contributed by atoms with Gasteiger partial charge in [0.25, 0.3) is 0 Å². The summed E-state index contributed by atoms with van der Waals surface area (Å²) >= 11 is 0. The van der Waals surface area contributed by atoms with Crippen LogP contribution in [0.4, 0.5) is 0 Å². The highest BCUT2D eigenvalue weighted by atomic mass is 16.2. The van der Waals surface area contributed by atoms with Crippen LogP contribution in [0.3, 0.4) is 0 Å². The van der Waals surface area contributed by atoms with Crippen molar-refractivity contribution in [2.75, 3.05) is 26.2 Å². The van der Waals surface area contributed by atoms with E-state index in [1.165, 1.54) is 38.8 Å². The fourth-order valence-corrected chi connectivity index (χ4v) is 3.54. The van der Waals surface area contributed by atoms with Gasteiger partial charge in [-0.2, -0.15) is 0 Å². The van der Waals surface area contributed by atoms with E-state index in [-0.39, 0.29) is 0 Å². The minimum absolute atomic E-state index is 0.338. The molecular weight excluding hydrogens is 260 g/mol. The van der Waals surface area contributed by atoms with Gasteiger partial charge >= 0.3 is 0 Å². The van der Waals surface area contributed by atoms with Crippen LogP contribution < -0.4 is 0 Å². The summed E-state index contributed by atoms with van der Waals surface area (Å²) in [5, 5.41) is 0. The lowest BCUT2D eigenvalue weighted by Crippen LogP contribution is -2.50. The van der Waals surface area contributed by atoms with E-state index in [1.807, 2.05) is 13.8 Å². The monoisotopic (exact) mass is 296 g/mol. The van der Waals surface area contributed by atoms with Crippen LogP contribution >= 0.6 is 0 Å². The maximum Gasteiger partial charge on any atom is 0.223 e. The van der Waals surface area contributed by atoms with Crippen molar-refractivity contribution in [2.24, 2.45) is 5.41 Å². The zero-order valence-corrected chi connectivity index (χ0v) is 15.0. The van der Waals surface area contributed by atoms with E-state index < -0.39 is 0 Å². The van der Waals surface area contributed by atoms with Crippen molar-refractivity contribution < 1.29 is 4.79 Å². The molecule has 2 saturated heterocycles. The molecule has 0 radical (unpaired) electrons.